The van der Waals surface area contributed by atoms with Gasteiger partial charge in [0.1, 0.15) is 11.6 Å². The Bertz CT molecular complexity index is 686. The third-order valence-electron chi connectivity index (χ3n) is 3.00. The molecular formula is C15H14N2O. The number of aromatic nitrogens is 2. The normalized spacial score (nSPS) is 10.8. The molecule has 3 heteroatoms. The molecule has 0 saturated carbocycles. The molecule has 0 aliphatic heterocycles. The molecule has 0 saturated heterocycles. The van der Waals surface area contributed by atoms with Crippen molar-refractivity contribution in [3.05, 3.63) is 48.3 Å². The van der Waals surface area contributed by atoms with Gasteiger partial charge < -0.3 is 9.72 Å². The molecule has 0 amide bonds. The molecule has 3 nitrogen and oxygen atoms in total. The number of rotatable bonds is 2. The van der Waals surface area contributed by atoms with Crippen molar-refractivity contribution >= 4 is 11.0 Å². The lowest BCUT2D eigenvalue weighted by atomic mass is 10.0. The number of nitrogens with one attached hydrogen (secondary N) is 1. The van der Waals surface area contributed by atoms with Gasteiger partial charge in [0, 0.05) is 11.6 Å². The summed E-state index contributed by atoms with van der Waals surface area (Å²) >= 11 is 0. The lowest BCUT2D eigenvalue weighted by molar-refractivity contribution is 0.415. The van der Waals surface area contributed by atoms with Gasteiger partial charge in [-0.25, -0.2) is 4.98 Å². The molecule has 18 heavy (non-hydrogen) atoms. The fraction of sp³-hybridized carbons (Fsp3) is 0.133. The first-order valence-corrected chi connectivity index (χ1v) is 5.87. The Morgan fingerprint density at radius 2 is 1.89 bits per heavy atom. The zero-order chi connectivity index (χ0) is 12.5. The van der Waals surface area contributed by atoms with E-state index >= 15 is 0 Å². The molecule has 0 aliphatic carbocycles. The Labute approximate surface area is 105 Å². The number of H-pyrrole nitrogens is 1. The fourth-order valence-electron chi connectivity index (χ4n) is 2.17. The van der Waals surface area contributed by atoms with E-state index in [2.05, 4.69) is 22.1 Å². The quantitative estimate of drug-likeness (QED) is 0.741. The summed E-state index contributed by atoms with van der Waals surface area (Å²) in [5.74, 6) is 1.75. The van der Waals surface area contributed by atoms with E-state index in [4.69, 9.17) is 4.74 Å². The minimum atomic E-state index is 0.838. The second-order valence-corrected chi connectivity index (χ2v) is 4.26. The summed E-state index contributed by atoms with van der Waals surface area (Å²) in [7, 11) is 1.68. The van der Waals surface area contributed by atoms with E-state index in [1.54, 1.807) is 7.11 Å². The molecule has 0 bridgehead atoms. The zero-order valence-corrected chi connectivity index (χ0v) is 10.4. The van der Waals surface area contributed by atoms with Crippen molar-refractivity contribution < 1.29 is 4.74 Å². The van der Waals surface area contributed by atoms with E-state index in [-0.39, 0.29) is 0 Å². The maximum absolute atomic E-state index is 5.35. The van der Waals surface area contributed by atoms with Gasteiger partial charge in [-0.1, -0.05) is 30.3 Å². The number of nitrogens with zero attached hydrogens (tertiary/aromatic N) is 1. The zero-order valence-electron chi connectivity index (χ0n) is 10.4. The van der Waals surface area contributed by atoms with Gasteiger partial charge in [-0.05, 0) is 18.6 Å². The lowest BCUT2D eigenvalue weighted by Gasteiger charge is -2.06. The standard InChI is InChI=1S/C15H14N2O/c1-10-16-14-9-12(18-2)8-13(15(14)17-10)11-6-4-3-5-7-11/h3-9H,1-2H3,(H,16,17). The van der Waals surface area contributed by atoms with Crippen molar-refractivity contribution in [2.75, 3.05) is 7.11 Å². The van der Waals surface area contributed by atoms with Gasteiger partial charge in [0.05, 0.1) is 18.1 Å². The first-order chi connectivity index (χ1) is 8.78. The molecule has 0 fully saturated rings. The van der Waals surface area contributed by atoms with E-state index in [0.717, 1.165) is 33.7 Å². The molecule has 0 unspecified atom stereocenters. The highest BCUT2D eigenvalue weighted by atomic mass is 16.5. The highest BCUT2D eigenvalue weighted by molar-refractivity contribution is 5.93. The largest absolute Gasteiger partial charge is 0.497 e. The predicted molar refractivity (Wildman–Crippen MR) is 72.8 cm³/mol. The molecule has 0 aliphatic rings. The lowest BCUT2D eigenvalue weighted by Crippen LogP contribution is -1.86. The highest BCUT2D eigenvalue weighted by Crippen LogP contribution is 2.31. The molecule has 0 spiro atoms. The Hall–Kier alpha value is -2.29. The van der Waals surface area contributed by atoms with E-state index < -0.39 is 0 Å². The maximum Gasteiger partial charge on any atom is 0.121 e. The second-order valence-electron chi connectivity index (χ2n) is 4.26. The Kier molecular flexibility index (Phi) is 2.52. The monoisotopic (exact) mass is 238 g/mol. The summed E-state index contributed by atoms with van der Waals surface area (Å²) < 4.78 is 5.35. The number of imidazole rings is 1. The van der Waals surface area contributed by atoms with Gasteiger partial charge in [0.2, 0.25) is 0 Å². The number of methoxy groups -OCH3 is 1. The number of aromatic amines is 1. The fourth-order valence-corrected chi connectivity index (χ4v) is 2.17. The van der Waals surface area contributed by atoms with E-state index in [1.807, 2.05) is 37.3 Å². The molecule has 90 valence electrons. The number of ether oxygens (including phenoxy) is 1. The SMILES string of the molecule is COc1cc(-c2ccccc2)c2nc(C)[nH]c2c1. The maximum atomic E-state index is 5.35. The number of hydrogen-bond donors (Lipinski definition) is 1. The van der Waals surface area contributed by atoms with E-state index in [0.29, 0.717) is 0 Å². The van der Waals surface area contributed by atoms with Crippen molar-refractivity contribution in [1.29, 1.82) is 0 Å². The Balaban J connectivity index is 2.32. The second kappa shape index (κ2) is 4.18. The minimum absolute atomic E-state index is 0.838. The summed E-state index contributed by atoms with van der Waals surface area (Å²) in [4.78, 5) is 7.81. The van der Waals surface area contributed by atoms with Crippen LogP contribution >= 0.6 is 0 Å². The molecular weight excluding hydrogens is 224 g/mol. The number of hydrogen-bond acceptors (Lipinski definition) is 2. The van der Waals surface area contributed by atoms with Crippen molar-refractivity contribution in [2.45, 2.75) is 6.92 Å². The Morgan fingerprint density at radius 1 is 1.11 bits per heavy atom. The van der Waals surface area contributed by atoms with Crippen LogP contribution < -0.4 is 4.74 Å². The molecule has 0 atom stereocenters. The van der Waals surface area contributed by atoms with Crippen molar-refractivity contribution in [2.24, 2.45) is 0 Å². The minimum Gasteiger partial charge on any atom is -0.497 e. The van der Waals surface area contributed by atoms with Gasteiger partial charge in [-0.2, -0.15) is 0 Å². The van der Waals surface area contributed by atoms with Crippen molar-refractivity contribution in [3.8, 4) is 16.9 Å². The summed E-state index contributed by atoms with van der Waals surface area (Å²) in [6, 6.07) is 14.2. The van der Waals surface area contributed by atoms with Crippen LogP contribution in [-0.2, 0) is 0 Å². The molecule has 3 aromatic rings. The molecule has 1 heterocycles. The van der Waals surface area contributed by atoms with Crippen LogP contribution in [0.3, 0.4) is 0 Å². The average molecular weight is 238 g/mol. The summed E-state index contributed by atoms with van der Waals surface area (Å²) in [6.45, 7) is 1.96. The number of benzene rings is 2. The van der Waals surface area contributed by atoms with Crippen LogP contribution in [0, 0.1) is 6.92 Å². The number of aryl methyl sites for hydroxylation is 1. The van der Waals surface area contributed by atoms with E-state index in [9.17, 15) is 0 Å². The molecule has 1 N–H and O–H groups in total. The number of fused-ring (bicyclic) bond motifs is 1. The van der Waals surface area contributed by atoms with Crippen LogP contribution in [0.1, 0.15) is 5.82 Å². The van der Waals surface area contributed by atoms with E-state index in [1.165, 1.54) is 0 Å². The first-order valence-electron chi connectivity index (χ1n) is 5.87. The molecule has 3 rings (SSSR count). The van der Waals surface area contributed by atoms with Gasteiger partial charge in [0.25, 0.3) is 0 Å². The summed E-state index contributed by atoms with van der Waals surface area (Å²) in [5, 5.41) is 0. The topological polar surface area (TPSA) is 37.9 Å². The molecule has 2 aromatic carbocycles. The predicted octanol–water partition coefficient (Wildman–Crippen LogP) is 3.55. The van der Waals surface area contributed by atoms with Gasteiger partial charge in [-0.3, -0.25) is 0 Å². The van der Waals surface area contributed by atoms with Crippen LogP contribution in [0.2, 0.25) is 0 Å². The van der Waals surface area contributed by atoms with Crippen LogP contribution in [-0.4, -0.2) is 17.1 Å². The van der Waals surface area contributed by atoms with Crippen LogP contribution in [0.15, 0.2) is 42.5 Å². The van der Waals surface area contributed by atoms with Gasteiger partial charge in [-0.15, -0.1) is 0 Å². The van der Waals surface area contributed by atoms with Crippen molar-refractivity contribution in [3.63, 3.8) is 0 Å². The van der Waals surface area contributed by atoms with Crippen molar-refractivity contribution in [1.82, 2.24) is 9.97 Å². The molecule has 1 aromatic heterocycles. The third kappa shape index (κ3) is 1.74. The molecule has 0 radical (unpaired) electrons. The Morgan fingerprint density at radius 3 is 2.61 bits per heavy atom. The smallest absolute Gasteiger partial charge is 0.121 e. The van der Waals surface area contributed by atoms with Crippen LogP contribution in [0.25, 0.3) is 22.2 Å². The first kappa shape index (κ1) is 10.8. The summed E-state index contributed by atoms with van der Waals surface area (Å²) in [5.41, 5.74) is 4.23. The van der Waals surface area contributed by atoms with Crippen LogP contribution in [0.5, 0.6) is 5.75 Å². The highest BCUT2D eigenvalue weighted by Gasteiger charge is 2.10. The van der Waals surface area contributed by atoms with Gasteiger partial charge >= 0.3 is 0 Å². The average Bonchev–Trinajstić information content (AvgIpc) is 2.78. The van der Waals surface area contributed by atoms with Crippen LogP contribution in [0.4, 0.5) is 0 Å². The summed E-state index contributed by atoms with van der Waals surface area (Å²) in [6.07, 6.45) is 0. The van der Waals surface area contributed by atoms with Gasteiger partial charge in [0.15, 0.2) is 0 Å². The third-order valence-corrected chi connectivity index (χ3v) is 3.00.